The molecule has 5 heteroatoms. The van der Waals surface area contributed by atoms with Crippen LogP contribution in [0.15, 0.2) is 53.0 Å². The molecule has 0 aliphatic carbocycles. The lowest BCUT2D eigenvalue weighted by molar-refractivity contribution is 0.0696. The van der Waals surface area contributed by atoms with Crippen LogP contribution in [0.25, 0.3) is 0 Å². The molecule has 102 valence electrons. The Morgan fingerprint density at radius 1 is 1.05 bits per heavy atom. The number of anilines is 1. The van der Waals surface area contributed by atoms with Gasteiger partial charge >= 0.3 is 5.97 Å². The van der Waals surface area contributed by atoms with Gasteiger partial charge in [0.2, 0.25) is 0 Å². The average molecular weight is 334 g/mol. The first-order chi connectivity index (χ1) is 9.49. The number of carboxylic acid groups (broad SMARTS) is 1. The Morgan fingerprint density at radius 3 is 2.25 bits per heavy atom. The van der Waals surface area contributed by atoms with Gasteiger partial charge in [0.15, 0.2) is 0 Å². The molecular formula is C15H12BrNO3. The number of carbonyl (C=O) groups excluding carboxylic acids is 1. The van der Waals surface area contributed by atoms with E-state index in [1.807, 2.05) is 6.07 Å². The molecule has 0 unspecified atom stereocenters. The molecule has 0 atom stereocenters. The summed E-state index contributed by atoms with van der Waals surface area (Å²) >= 11 is 3.33. The van der Waals surface area contributed by atoms with Gasteiger partial charge in [-0.05, 0) is 42.5 Å². The van der Waals surface area contributed by atoms with Crippen LogP contribution in [-0.4, -0.2) is 24.0 Å². The highest BCUT2D eigenvalue weighted by atomic mass is 79.9. The first kappa shape index (κ1) is 14.3. The highest BCUT2D eigenvalue weighted by molar-refractivity contribution is 9.10. The van der Waals surface area contributed by atoms with E-state index in [4.69, 9.17) is 5.11 Å². The number of rotatable bonds is 3. The lowest BCUT2D eigenvalue weighted by atomic mass is 10.1. The predicted molar refractivity (Wildman–Crippen MR) is 80.3 cm³/mol. The monoisotopic (exact) mass is 333 g/mol. The van der Waals surface area contributed by atoms with E-state index in [0.717, 1.165) is 4.47 Å². The fourth-order valence-electron chi connectivity index (χ4n) is 1.76. The summed E-state index contributed by atoms with van der Waals surface area (Å²) in [5.74, 6) is -1.15. The van der Waals surface area contributed by atoms with Gasteiger partial charge in [-0.3, -0.25) is 4.79 Å². The van der Waals surface area contributed by atoms with Crippen LogP contribution in [0.2, 0.25) is 0 Å². The van der Waals surface area contributed by atoms with Gasteiger partial charge in [0.25, 0.3) is 5.91 Å². The molecule has 1 amide bonds. The summed E-state index contributed by atoms with van der Waals surface area (Å²) in [5.41, 5.74) is 1.39. The molecule has 4 nitrogen and oxygen atoms in total. The molecule has 20 heavy (non-hydrogen) atoms. The lowest BCUT2D eigenvalue weighted by Gasteiger charge is -2.17. The van der Waals surface area contributed by atoms with E-state index >= 15 is 0 Å². The number of amides is 1. The summed E-state index contributed by atoms with van der Waals surface area (Å²) in [6, 6.07) is 13.3. The summed E-state index contributed by atoms with van der Waals surface area (Å²) in [6.07, 6.45) is 0. The number of hydrogen-bond donors (Lipinski definition) is 1. The molecule has 0 aliphatic rings. The van der Waals surface area contributed by atoms with Crippen LogP contribution in [-0.2, 0) is 0 Å². The number of halogens is 1. The van der Waals surface area contributed by atoms with Crippen molar-refractivity contribution in [1.82, 2.24) is 0 Å². The van der Waals surface area contributed by atoms with E-state index in [1.54, 1.807) is 37.4 Å². The summed E-state index contributed by atoms with van der Waals surface area (Å²) in [5, 5.41) is 8.85. The van der Waals surface area contributed by atoms with Crippen LogP contribution >= 0.6 is 15.9 Å². The van der Waals surface area contributed by atoms with E-state index in [0.29, 0.717) is 11.3 Å². The third-order valence-corrected chi connectivity index (χ3v) is 3.37. The molecule has 2 aromatic carbocycles. The molecule has 0 fully saturated rings. The maximum Gasteiger partial charge on any atom is 0.335 e. The molecular weight excluding hydrogens is 322 g/mol. The van der Waals surface area contributed by atoms with Crippen molar-refractivity contribution >= 4 is 33.5 Å². The minimum Gasteiger partial charge on any atom is -0.478 e. The van der Waals surface area contributed by atoms with E-state index < -0.39 is 5.97 Å². The maximum atomic E-state index is 12.3. The van der Waals surface area contributed by atoms with Crippen LogP contribution in [0, 0.1) is 0 Å². The smallest absolute Gasteiger partial charge is 0.335 e. The zero-order valence-electron chi connectivity index (χ0n) is 10.7. The maximum absolute atomic E-state index is 12.3. The van der Waals surface area contributed by atoms with Gasteiger partial charge in [-0.1, -0.05) is 22.0 Å². The highest BCUT2D eigenvalue weighted by Gasteiger charge is 2.14. The van der Waals surface area contributed by atoms with Crippen molar-refractivity contribution in [2.45, 2.75) is 0 Å². The molecule has 2 aromatic rings. The average Bonchev–Trinajstić information content (AvgIpc) is 2.46. The Hall–Kier alpha value is -2.14. The molecule has 1 N–H and O–H groups in total. The normalized spacial score (nSPS) is 10.1. The second-order valence-corrected chi connectivity index (χ2v) is 5.14. The zero-order valence-corrected chi connectivity index (χ0v) is 12.3. The van der Waals surface area contributed by atoms with E-state index in [9.17, 15) is 9.59 Å². The summed E-state index contributed by atoms with van der Waals surface area (Å²) in [7, 11) is 1.65. The van der Waals surface area contributed by atoms with E-state index in [1.165, 1.54) is 17.0 Å². The van der Waals surface area contributed by atoms with E-state index in [2.05, 4.69) is 15.9 Å². The lowest BCUT2D eigenvalue weighted by Crippen LogP contribution is -2.26. The van der Waals surface area contributed by atoms with Crippen LogP contribution in [0.1, 0.15) is 20.7 Å². The van der Waals surface area contributed by atoms with Crippen LogP contribution in [0.5, 0.6) is 0 Å². The standard InChI is InChI=1S/C15H12BrNO3/c1-17(13-7-5-10(6-8-13)15(19)20)14(18)11-3-2-4-12(16)9-11/h2-9H,1H3,(H,19,20). The Labute approximate surface area is 124 Å². The zero-order chi connectivity index (χ0) is 14.7. The van der Waals surface area contributed by atoms with Gasteiger partial charge in [-0.15, -0.1) is 0 Å². The van der Waals surface area contributed by atoms with Crippen molar-refractivity contribution < 1.29 is 14.7 Å². The fourth-order valence-corrected chi connectivity index (χ4v) is 2.16. The minimum atomic E-state index is -0.988. The Morgan fingerprint density at radius 2 is 1.70 bits per heavy atom. The molecule has 0 bridgehead atoms. The first-order valence-corrected chi connectivity index (χ1v) is 6.65. The second kappa shape index (κ2) is 5.88. The Balaban J connectivity index is 2.24. The third-order valence-electron chi connectivity index (χ3n) is 2.88. The first-order valence-electron chi connectivity index (χ1n) is 5.86. The fraction of sp³-hybridized carbons (Fsp3) is 0.0667. The summed E-state index contributed by atoms with van der Waals surface area (Å²) < 4.78 is 0.831. The number of benzene rings is 2. The number of hydrogen-bond acceptors (Lipinski definition) is 2. The number of nitrogens with zero attached hydrogens (tertiary/aromatic N) is 1. The van der Waals surface area contributed by atoms with Crippen LogP contribution in [0.4, 0.5) is 5.69 Å². The topological polar surface area (TPSA) is 57.6 Å². The summed E-state index contributed by atoms with van der Waals surface area (Å²) in [4.78, 5) is 24.6. The largest absolute Gasteiger partial charge is 0.478 e. The Kier molecular flexibility index (Phi) is 4.20. The molecule has 0 radical (unpaired) electrons. The van der Waals surface area contributed by atoms with Crippen molar-refractivity contribution in [2.24, 2.45) is 0 Å². The molecule has 0 saturated heterocycles. The van der Waals surface area contributed by atoms with Gasteiger partial charge in [0, 0.05) is 22.8 Å². The number of aromatic carboxylic acids is 1. The van der Waals surface area contributed by atoms with Crippen LogP contribution < -0.4 is 4.90 Å². The van der Waals surface area contributed by atoms with Gasteiger partial charge in [0.1, 0.15) is 0 Å². The van der Waals surface area contributed by atoms with Crippen LogP contribution in [0.3, 0.4) is 0 Å². The van der Waals surface area contributed by atoms with E-state index in [-0.39, 0.29) is 11.5 Å². The minimum absolute atomic E-state index is 0.158. The van der Waals surface area contributed by atoms with Crippen molar-refractivity contribution in [2.75, 3.05) is 11.9 Å². The predicted octanol–water partition coefficient (Wildman–Crippen LogP) is 3.42. The quantitative estimate of drug-likeness (QED) is 0.936. The van der Waals surface area contributed by atoms with Gasteiger partial charge < -0.3 is 10.0 Å². The molecule has 0 spiro atoms. The molecule has 0 saturated carbocycles. The van der Waals surface area contributed by atoms with Gasteiger partial charge in [0.05, 0.1) is 5.56 Å². The molecule has 0 aliphatic heterocycles. The van der Waals surface area contributed by atoms with Crippen molar-refractivity contribution in [3.63, 3.8) is 0 Å². The van der Waals surface area contributed by atoms with Gasteiger partial charge in [-0.25, -0.2) is 4.79 Å². The highest BCUT2D eigenvalue weighted by Crippen LogP contribution is 2.18. The number of carbonyl (C=O) groups is 2. The molecule has 2 rings (SSSR count). The van der Waals surface area contributed by atoms with Crippen molar-refractivity contribution in [3.8, 4) is 0 Å². The number of carboxylic acids is 1. The van der Waals surface area contributed by atoms with Crippen molar-refractivity contribution in [3.05, 3.63) is 64.1 Å². The second-order valence-electron chi connectivity index (χ2n) is 4.23. The third kappa shape index (κ3) is 3.05. The SMILES string of the molecule is CN(C(=O)c1cccc(Br)c1)c1ccc(C(=O)O)cc1. The molecule has 0 heterocycles. The Bertz CT molecular complexity index is 652. The van der Waals surface area contributed by atoms with Crippen molar-refractivity contribution in [1.29, 1.82) is 0 Å². The van der Waals surface area contributed by atoms with Gasteiger partial charge in [-0.2, -0.15) is 0 Å². The summed E-state index contributed by atoms with van der Waals surface area (Å²) in [6.45, 7) is 0. The molecule has 0 aromatic heterocycles.